The van der Waals surface area contributed by atoms with Crippen molar-refractivity contribution < 1.29 is 9.47 Å². The number of aromatic nitrogens is 2. The number of hydrogen-bond acceptors (Lipinski definition) is 4. The molecule has 0 radical (unpaired) electrons. The fraction of sp³-hybridized carbons (Fsp3) is 0.643. The number of benzene rings is 1. The van der Waals surface area contributed by atoms with Crippen LogP contribution in [0.5, 0.6) is 11.5 Å². The van der Waals surface area contributed by atoms with Crippen molar-refractivity contribution in [1.82, 2.24) is 9.97 Å². The van der Waals surface area contributed by atoms with Crippen LogP contribution in [0.15, 0.2) is 61.2 Å². The minimum absolute atomic E-state index is 0.638. The molecule has 2 aromatic heterocycles. The molecule has 0 aliphatic carbocycles. The molecular weight excluding hydrogens is 733 g/mol. The summed E-state index contributed by atoms with van der Waals surface area (Å²) in [5, 5.41) is 0. The monoisotopic (exact) mass is 817 g/mol. The topological polar surface area (TPSA) is 44.2 Å². The molecule has 0 N–H and O–H groups in total. The van der Waals surface area contributed by atoms with E-state index in [1.807, 2.05) is 36.4 Å². The van der Waals surface area contributed by atoms with Crippen molar-refractivity contribution in [3.8, 4) is 35.2 Å². The molecule has 3 aromatic rings. The summed E-state index contributed by atoms with van der Waals surface area (Å²) in [6.07, 6.45) is 50.3. The van der Waals surface area contributed by atoms with Crippen molar-refractivity contribution in [2.45, 2.75) is 219 Å². The Morgan fingerprint density at radius 2 is 0.567 bits per heavy atom. The summed E-state index contributed by atoms with van der Waals surface area (Å²) >= 11 is 0. The number of unbranched alkanes of at least 4 members (excludes halogenated alkanes) is 30. The summed E-state index contributed by atoms with van der Waals surface area (Å²) in [5.41, 5.74) is 3.51. The Morgan fingerprint density at radius 3 is 0.833 bits per heavy atom. The minimum atomic E-state index is 0.638. The van der Waals surface area contributed by atoms with Gasteiger partial charge in [0, 0.05) is 35.9 Å². The Bertz CT molecular complexity index is 1450. The van der Waals surface area contributed by atoms with Gasteiger partial charge in [-0.2, -0.15) is 0 Å². The normalized spacial score (nSPS) is 10.8. The van der Waals surface area contributed by atoms with Crippen molar-refractivity contribution in [1.29, 1.82) is 0 Å². The first-order valence-corrected chi connectivity index (χ1v) is 25.1. The molecule has 4 heteroatoms. The van der Waals surface area contributed by atoms with E-state index in [2.05, 4.69) is 47.5 Å². The summed E-state index contributed by atoms with van der Waals surface area (Å²) in [6, 6.07) is 11.8. The van der Waals surface area contributed by atoms with Crippen molar-refractivity contribution in [2.75, 3.05) is 13.2 Å². The van der Waals surface area contributed by atoms with Crippen LogP contribution in [-0.2, 0) is 0 Å². The van der Waals surface area contributed by atoms with Crippen molar-refractivity contribution in [3.05, 3.63) is 83.4 Å². The van der Waals surface area contributed by atoms with Gasteiger partial charge in [-0.15, -0.1) is 0 Å². The van der Waals surface area contributed by atoms with E-state index in [0.717, 1.165) is 46.6 Å². The lowest BCUT2D eigenvalue weighted by Crippen LogP contribution is -2.06. The Kier molecular flexibility index (Phi) is 31.2. The average Bonchev–Trinajstić information content (AvgIpc) is 3.28. The molecule has 0 bridgehead atoms. The highest BCUT2D eigenvalue weighted by Gasteiger charge is 2.16. The highest BCUT2D eigenvalue weighted by atomic mass is 16.5. The number of rotatable bonds is 36. The van der Waals surface area contributed by atoms with Crippen LogP contribution in [0.3, 0.4) is 0 Å². The SMILES string of the molecule is CCCCCCCCCCCCCCCCCCOc1c(C#Cc2ccncc2)ccc(C#Cc2ccncc2)c1OCCCCCCCCCCCCCCCCCC. The van der Waals surface area contributed by atoms with Gasteiger partial charge in [0.2, 0.25) is 0 Å². The summed E-state index contributed by atoms with van der Waals surface area (Å²) in [6.45, 7) is 5.87. The standard InChI is InChI=1S/C56H84N2O2/c1-3-5-7-9-11-13-15-17-19-21-23-25-27-29-31-33-49-59-55-53(37-35-51-41-45-57-46-42-51)39-40-54(38-36-52-43-47-58-48-44-52)56(55)60-50-34-32-30-28-26-24-22-20-18-16-14-12-10-8-6-4-2/h39-48H,3-34,49-50H2,1-2H3. The van der Waals surface area contributed by atoms with E-state index >= 15 is 0 Å². The van der Waals surface area contributed by atoms with E-state index in [-0.39, 0.29) is 0 Å². The van der Waals surface area contributed by atoms with Crippen LogP contribution in [0.1, 0.15) is 242 Å². The van der Waals surface area contributed by atoms with E-state index in [0.29, 0.717) is 13.2 Å². The first-order chi connectivity index (χ1) is 29.8. The second-order valence-electron chi connectivity index (χ2n) is 17.1. The zero-order valence-electron chi connectivity index (χ0n) is 38.5. The molecule has 0 saturated heterocycles. The van der Waals surface area contributed by atoms with Gasteiger partial charge >= 0.3 is 0 Å². The molecule has 0 atom stereocenters. The van der Waals surface area contributed by atoms with Crippen LogP contribution in [0.2, 0.25) is 0 Å². The quantitative estimate of drug-likeness (QED) is 0.0433. The highest BCUT2D eigenvalue weighted by molar-refractivity contribution is 5.63. The van der Waals surface area contributed by atoms with Crippen molar-refractivity contribution in [3.63, 3.8) is 0 Å². The molecule has 4 nitrogen and oxygen atoms in total. The van der Waals surface area contributed by atoms with E-state index < -0.39 is 0 Å². The Balaban J connectivity index is 1.47. The van der Waals surface area contributed by atoms with Gasteiger partial charge in [0.05, 0.1) is 24.3 Å². The zero-order chi connectivity index (χ0) is 42.2. The molecular formula is C56H84N2O2. The first-order valence-electron chi connectivity index (χ1n) is 25.1. The maximum atomic E-state index is 6.63. The van der Waals surface area contributed by atoms with Gasteiger partial charge in [-0.1, -0.05) is 230 Å². The summed E-state index contributed by atoms with van der Waals surface area (Å²) in [7, 11) is 0. The van der Waals surface area contributed by atoms with Crippen molar-refractivity contribution in [2.24, 2.45) is 0 Å². The maximum absolute atomic E-state index is 6.63. The number of nitrogens with zero attached hydrogens (tertiary/aromatic N) is 2. The molecule has 60 heavy (non-hydrogen) atoms. The zero-order valence-corrected chi connectivity index (χ0v) is 38.5. The lowest BCUT2D eigenvalue weighted by molar-refractivity contribution is 0.257. The third kappa shape index (κ3) is 25.8. The molecule has 0 amide bonds. The van der Waals surface area contributed by atoms with Crippen LogP contribution < -0.4 is 9.47 Å². The molecule has 3 rings (SSSR count). The second kappa shape index (κ2) is 37.0. The second-order valence-corrected chi connectivity index (χ2v) is 17.1. The maximum Gasteiger partial charge on any atom is 0.178 e. The molecule has 0 fully saturated rings. The molecule has 0 unspecified atom stereocenters. The van der Waals surface area contributed by atoms with E-state index in [1.54, 1.807) is 24.8 Å². The number of ether oxygens (including phenoxy) is 2. The lowest BCUT2D eigenvalue weighted by atomic mass is 10.0. The molecule has 0 spiro atoms. The minimum Gasteiger partial charge on any atom is -0.488 e. The fourth-order valence-electron chi connectivity index (χ4n) is 7.84. The largest absolute Gasteiger partial charge is 0.488 e. The Morgan fingerprint density at radius 1 is 0.317 bits per heavy atom. The molecule has 1 aromatic carbocycles. The van der Waals surface area contributed by atoms with Crippen LogP contribution >= 0.6 is 0 Å². The third-order valence-corrected chi connectivity index (χ3v) is 11.6. The summed E-state index contributed by atoms with van der Waals surface area (Å²) in [4.78, 5) is 8.32. The first kappa shape index (κ1) is 50.6. The number of hydrogen-bond donors (Lipinski definition) is 0. The predicted molar refractivity (Wildman–Crippen MR) is 257 cm³/mol. The van der Waals surface area contributed by atoms with Gasteiger partial charge < -0.3 is 9.47 Å². The van der Waals surface area contributed by atoms with Crippen LogP contribution in [0.25, 0.3) is 0 Å². The summed E-state index contributed by atoms with van der Waals surface area (Å²) < 4.78 is 13.3. The van der Waals surface area contributed by atoms with Crippen LogP contribution in [0, 0.1) is 23.7 Å². The Labute approximate surface area is 369 Å². The average molecular weight is 817 g/mol. The van der Waals surface area contributed by atoms with Gasteiger partial charge in [0.1, 0.15) is 0 Å². The molecule has 0 aliphatic heterocycles. The van der Waals surface area contributed by atoms with Crippen molar-refractivity contribution >= 4 is 0 Å². The molecule has 330 valence electrons. The fourth-order valence-corrected chi connectivity index (χ4v) is 7.84. The Hall–Kier alpha value is -3.76. The molecule has 0 saturated carbocycles. The van der Waals surface area contributed by atoms with Gasteiger partial charge in [-0.05, 0) is 49.2 Å². The van der Waals surface area contributed by atoms with Gasteiger partial charge in [-0.3, -0.25) is 9.97 Å². The van der Waals surface area contributed by atoms with Crippen LogP contribution in [0.4, 0.5) is 0 Å². The predicted octanol–water partition coefficient (Wildman–Crippen LogP) is 16.6. The smallest absolute Gasteiger partial charge is 0.178 e. The molecule has 0 aliphatic rings. The van der Waals surface area contributed by atoms with Gasteiger partial charge in [0.15, 0.2) is 11.5 Å². The highest BCUT2D eigenvalue weighted by Crippen LogP contribution is 2.35. The van der Waals surface area contributed by atoms with Crippen LogP contribution in [-0.4, -0.2) is 23.2 Å². The van der Waals surface area contributed by atoms with E-state index in [4.69, 9.17) is 9.47 Å². The van der Waals surface area contributed by atoms with E-state index in [1.165, 1.54) is 193 Å². The van der Waals surface area contributed by atoms with Gasteiger partial charge in [-0.25, -0.2) is 0 Å². The summed E-state index contributed by atoms with van der Waals surface area (Å²) in [5.74, 6) is 14.9. The van der Waals surface area contributed by atoms with Gasteiger partial charge in [0.25, 0.3) is 0 Å². The number of pyridine rings is 2. The third-order valence-electron chi connectivity index (χ3n) is 11.6. The molecule has 2 heterocycles. The van der Waals surface area contributed by atoms with E-state index in [9.17, 15) is 0 Å². The lowest BCUT2D eigenvalue weighted by Gasteiger charge is -2.16.